The van der Waals surface area contributed by atoms with Crippen LogP contribution in [-0.4, -0.2) is 0 Å². The number of hydrogen-bond acceptors (Lipinski definition) is 3. The lowest BCUT2D eigenvalue weighted by molar-refractivity contribution is 0.435. The summed E-state index contributed by atoms with van der Waals surface area (Å²) in [5.74, 6) is 1.76. The Bertz CT molecular complexity index is 3300. The van der Waals surface area contributed by atoms with Crippen molar-refractivity contribution < 1.29 is 9.15 Å². The first-order valence-electron chi connectivity index (χ1n) is 19.1. The van der Waals surface area contributed by atoms with Crippen LogP contribution in [0.4, 0.5) is 0 Å². The van der Waals surface area contributed by atoms with Crippen LogP contribution in [0, 0.1) is 0 Å². The molecule has 0 fully saturated rings. The van der Waals surface area contributed by atoms with E-state index in [-0.39, 0.29) is 0 Å². The quantitative estimate of drug-likeness (QED) is 0.180. The molecule has 0 N–H and O–H groups in total. The third-order valence-electron chi connectivity index (χ3n) is 11.8. The van der Waals surface area contributed by atoms with Gasteiger partial charge in [-0.25, -0.2) is 0 Å². The molecule has 12 rings (SSSR count). The number of ether oxygens (including phenoxy) is 1. The highest BCUT2D eigenvalue weighted by atomic mass is 32.1. The summed E-state index contributed by atoms with van der Waals surface area (Å²) >= 11 is 1.85. The van der Waals surface area contributed by atoms with Gasteiger partial charge in [0.05, 0.1) is 5.41 Å². The molecule has 1 aliphatic rings. The number of fused-ring (bicyclic) bond motifs is 9. The molecule has 0 spiro atoms. The molecule has 0 bridgehead atoms. The Morgan fingerprint density at radius 3 is 1.77 bits per heavy atom. The maximum atomic E-state index is 6.80. The normalized spacial score (nSPS) is 13.3. The fourth-order valence-corrected chi connectivity index (χ4v) is 10.5. The largest absolute Gasteiger partial charge is 0.457 e. The van der Waals surface area contributed by atoms with E-state index in [1.807, 2.05) is 11.3 Å². The van der Waals surface area contributed by atoms with E-state index in [1.54, 1.807) is 0 Å². The minimum absolute atomic E-state index is 0.529. The van der Waals surface area contributed by atoms with Crippen molar-refractivity contribution in [2.45, 2.75) is 5.41 Å². The molecule has 1 aliphatic heterocycles. The van der Waals surface area contributed by atoms with Gasteiger partial charge in [0.2, 0.25) is 0 Å². The van der Waals surface area contributed by atoms with E-state index in [1.165, 1.54) is 58.8 Å². The zero-order chi connectivity index (χ0) is 36.8. The first-order chi connectivity index (χ1) is 27.7. The first-order valence-corrected chi connectivity index (χ1v) is 19.9. The van der Waals surface area contributed by atoms with Gasteiger partial charge in [-0.1, -0.05) is 152 Å². The highest BCUT2D eigenvalue weighted by Crippen LogP contribution is 2.56. The van der Waals surface area contributed by atoms with E-state index in [0.29, 0.717) is 0 Å². The molecule has 0 amide bonds. The molecule has 0 radical (unpaired) electrons. The van der Waals surface area contributed by atoms with Crippen molar-refractivity contribution in [3.05, 3.63) is 216 Å². The molecule has 0 unspecified atom stereocenters. The Labute approximate surface area is 327 Å². The number of thiophene rings is 1. The van der Waals surface area contributed by atoms with E-state index in [4.69, 9.17) is 9.15 Å². The van der Waals surface area contributed by atoms with E-state index in [9.17, 15) is 0 Å². The zero-order valence-corrected chi connectivity index (χ0v) is 31.0. The summed E-state index contributed by atoms with van der Waals surface area (Å²) in [4.78, 5) is 0. The lowest BCUT2D eigenvalue weighted by Gasteiger charge is -2.41. The molecule has 0 aliphatic carbocycles. The summed E-state index contributed by atoms with van der Waals surface area (Å²) in [7, 11) is 0. The van der Waals surface area contributed by atoms with Crippen LogP contribution in [0.3, 0.4) is 0 Å². The molecule has 0 saturated carbocycles. The van der Waals surface area contributed by atoms with Gasteiger partial charge in [0.15, 0.2) is 0 Å². The topological polar surface area (TPSA) is 22.4 Å². The molecule has 0 atom stereocenters. The van der Waals surface area contributed by atoms with Crippen molar-refractivity contribution in [1.82, 2.24) is 0 Å². The Morgan fingerprint density at radius 1 is 0.393 bits per heavy atom. The van der Waals surface area contributed by atoms with Gasteiger partial charge in [-0.3, -0.25) is 0 Å². The molecule has 3 heteroatoms. The Hall–Kier alpha value is -6.94. The number of rotatable bonds is 4. The predicted molar refractivity (Wildman–Crippen MR) is 233 cm³/mol. The van der Waals surface area contributed by atoms with E-state index >= 15 is 0 Å². The van der Waals surface area contributed by atoms with Crippen LogP contribution in [0.25, 0.3) is 75.1 Å². The Morgan fingerprint density at radius 2 is 1.00 bits per heavy atom. The van der Waals surface area contributed by atoms with Crippen molar-refractivity contribution in [2.24, 2.45) is 0 Å². The zero-order valence-electron chi connectivity index (χ0n) is 30.2. The molecular formula is C53H32O2S. The maximum absolute atomic E-state index is 6.80. The average molecular weight is 733 g/mol. The van der Waals surface area contributed by atoms with Crippen molar-refractivity contribution in [2.75, 3.05) is 0 Å². The van der Waals surface area contributed by atoms with Gasteiger partial charge in [-0.15, -0.1) is 11.3 Å². The molecular weight excluding hydrogens is 701 g/mol. The van der Waals surface area contributed by atoms with Crippen molar-refractivity contribution in [3.8, 4) is 33.8 Å². The Kier molecular flexibility index (Phi) is 6.75. The van der Waals surface area contributed by atoms with Gasteiger partial charge < -0.3 is 9.15 Å². The van der Waals surface area contributed by atoms with E-state index in [2.05, 4.69) is 194 Å². The maximum Gasteiger partial charge on any atom is 0.136 e. The van der Waals surface area contributed by atoms with Gasteiger partial charge >= 0.3 is 0 Å². The third-order valence-corrected chi connectivity index (χ3v) is 12.9. The molecule has 262 valence electrons. The number of para-hydroxylation sites is 1. The predicted octanol–water partition coefficient (Wildman–Crippen LogP) is 14.9. The van der Waals surface area contributed by atoms with Crippen molar-refractivity contribution in [1.29, 1.82) is 0 Å². The van der Waals surface area contributed by atoms with Gasteiger partial charge in [-0.05, 0) is 86.6 Å². The first kappa shape index (κ1) is 31.4. The monoisotopic (exact) mass is 732 g/mol. The van der Waals surface area contributed by atoms with Gasteiger partial charge in [0, 0.05) is 42.1 Å². The molecule has 9 aromatic carbocycles. The average Bonchev–Trinajstić information content (AvgIpc) is 3.82. The molecule has 2 aromatic heterocycles. The van der Waals surface area contributed by atoms with Crippen LogP contribution in [-0.2, 0) is 5.41 Å². The summed E-state index contributed by atoms with van der Waals surface area (Å²) < 4.78 is 15.7. The van der Waals surface area contributed by atoms with Crippen LogP contribution in [0.15, 0.2) is 199 Å². The fourth-order valence-electron chi connectivity index (χ4n) is 9.27. The van der Waals surface area contributed by atoms with E-state index < -0.39 is 5.41 Å². The molecule has 2 nitrogen and oxygen atoms in total. The molecule has 3 heterocycles. The van der Waals surface area contributed by atoms with Crippen LogP contribution in [0.1, 0.15) is 22.3 Å². The second-order valence-corrected chi connectivity index (χ2v) is 15.9. The summed E-state index contributed by atoms with van der Waals surface area (Å²) in [6, 6.07) is 70.1. The van der Waals surface area contributed by atoms with Crippen LogP contribution < -0.4 is 4.74 Å². The second-order valence-electron chi connectivity index (χ2n) is 14.8. The van der Waals surface area contributed by atoms with Gasteiger partial charge in [-0.2, -0.15) is 0 Å². The molecule has 0 saturated heterocycles. The molecule has 56 heavy (non-hydrogen) atoms. The van der Waals surface area contributed by atoms with E-state index in [0.717, 1.165) is 50.1 Å². The highest BCUT2D eigenvalue weighted by Gasteiger charge is 2.45. The number of hydrogen-bond donors (Lipinski definition) is 0. The summed E-state index contributed by atoms with van der Waals surface area (Å²) in [5.41, 5.74) is 10.7. The summed E-state index contributed by atoms with van der Waals surface area (Å²) in [5, 5.41) is 7.27. The van der Waals surface area contributed by atoms with Gasteiger partial charge in [0.1, 0.15) is 22.7 Å². The highest BCUT2D eigenvalue weighted by molar-refractivity contribution is 7.25. The van der Waals surface area contributed by atoms with Crippen LogP contribution in [0.5, 0.6) is 11.5 Å². The molecule has 11 aromatic rings. The number of furan rings is 1. The van der Waals surface area contributed by atoms with Crippen LogP contribution in [0.2, 0.25) is 0 Å². The minimum Gasteiger partial charge on any atom is -0.457 e. The fraction of sp³-hybridized carbons (Fsp3) is 0.0189. The van der Waals surface area contributed by atoms with Crippen molar-refractivity contribution >= 4 is 64.2 Å². The standard InChI is InChI=1S/C53H32O2S/c1-3-14-38(15-4-1)53(39-16-5-2-6-17-39)44-19-9-10-20-46(44)54-49-30-35(24-27-45(49)53)36-22-25-41-42-26-23-37(32-51(42)56-50(41)31-36)40-18-11-21-47-52(40)43-28-33-12-7-8-13-34(33)29-48(43)55-47/h1-32H. The lowest BCUT2D eigenvalue weighted by atomic mass is 9.63. The SMILES string of the molecule is c1ccc(C2(c3ccccc3)c3ccccc3Oc3cc(-c4ccc5c(c4)sc4cc(-c6cccc7oc8cc9ccccc9cc8c67)ccc45)ccc32)cc1. The Balaban J connectivity index is 0.979. The summed E-state index contributed by atoms with van der Waals surface area (Å²) in [6.45, 7) is 0. The van der Waals surface area contributed by atoms with Gasteiger partial charge in [0.25, 0.3) is 0 Å². The van der Waals surface area contributed by atoms with Crippen LogP contribution >= 0.6 is 11.3 Å². The number of benzene rings is 9. The van der Waals surface area contributed by atoms with Crippen molar-refractivity contribution in [3.63, 3.8) is 0 Å². The smallest absolute Gasteiger partial charge is 0.136 e. The lowest BCUT2D eigenvalue weighted by Crippen LogP contribution is -2.34. The third kappa shape index (κ3) is 4.55. The second kappa shape index (κ2) is 12.0. The summed E-state index contributed by atoms with van der Waals surface area (Å²) in [6.07, 6.45) is 0. The minimum atomic E-state index is -0.529.